The molecule has 0 bridgehead atoms. The molecule has 0 radical (unpaired) electrons. The number of amides is 4. The van der Waals surface area contributed by atoms with Gasteiger partial charge in [0.05, 0.1) is 6.04 Å². The molecule has 0 fully saturated rings. The highest BCUT2D eigenvalue weighted by molar-refractivity contribution is 5.95. The minimum absolute atomic E-state index is 0.0977. The summed E-state index contributed by atoms with van der Waals surface area (Å²) in [6.45, 7) is 3.96. The minimum atomic E-state index is -1.40. The lowest BCUT2D eigenvalue weighted by molar-refractivity contribution is -0.144. The fourth-order valence-electron chi connectivity index (χ4n) is 4.59. The van der Waals surface area contributed by atoms with E-state index in [0.717, 1.165) is 5.56 Å². The van der Waals surface area contributed by atoms with Gasteiger partial charge in [0.25, 0.3) is 0 Å². The first-order valence-corrected chi connectivity index (χ1v) is 15.7. The zero-order chi connectivity index (χ0) is 34.6. The third-order valence-corrected chi connectivity index (χ3v) is 7.31. The zero-order valence-electron chi connectivity index (χ0n) is 26.7. The summed E-state index contributed by atoms with van der Waals surface area (Å²) in [4.78, 5) is 76.1. The second-order valence-electron chi connectivity index (χ2n) is 11.5. The highest BCUT2D eigenvalue weighted by Crippen LogP contribution is 2.10. The number of unbranched alkanes of at least 4 members (excludes halogenated alkanes) is 2. The van der Waals surface area contributed by atoms with E-state index in [9.17, 15) is 39.0 Å². The van der Waals surface area contributed by atoms with Crippen LogP contribution in [-0.4, -0.2) is 89.1 Å². The van der Waals surface area contributed by atoms with Gasteiger partial charge in [-0.25, -0.2) is 4.79 Å². The first-order valence-electron chi connectivity index (χ1n) is 15.7. The van der Waals surface area contributed by atoms with Gasteiger partial charge < -0.3 is 48.7 Å². The van der Waals surface area contributed by atoms with Crippen LogP contribution in [0.3, 0.4) is 0 Å². The van der Waals surface area contributed by atoms with Crippen LogP contribution in [0.25, 0.3) is 0 Å². The van der Waals surface area contributed by atoms with Gasteiger partial charge in [0, 0.05) is 12.8 Å². The van der Waals surface area contributed by atoms with Crippen molar-refractivity contribution >= 4 is 35.6 Å². The number of hydrogen-bond donors (Lipinski definition) is 9. The maximum Gasteiger partial charge on any atom is 0.326 e. The molecule has 0 saturated heterocycles. The van der Waals surface area contributed by atoms with Crippen LogP contribution in [0.15, 0.2) is 30.3 Å². The number of carbonyl (C=O) groups is 6. The van der Waals surface area contributed by atoms with Crippen molar-refractivity contribution in [3.05, 3.63) is 35.9 Å². The second kappa shape index (κ2) is 21.6. The Hall–Kier alpha value is -4.08. The van der Waals surface area contributed by atoms with Crippen LogP contribution in [0.1, 0.15) is 70.8 Å². The molecule has 15 nitrogen and oxygen atoms in total. The number of benzene rings is 1. The van der Waals surface area contributed by atoms with E-state index in [-0.39, 0.29) is 19.3 Å². The van der Waals surface area contributed by atoms with E-state index in [1.54, 1.807) is 44.2 Å². The highest BCUT2D eigenvalue weighted by atomic mass is 16.4. The normalized spacial score (nSPS) is 14.3. The first-order chi connectivity index (χ1) is 21.8. The summed E-state index contributed by atoms with van der Waals surface area (Å²) in [5.74, 6) is -5.87. The maximum absolute atomic E-state index is 13.6. The number of rotatable bonds is 23. The molecule has 1 aromatic carbocycles. The Kier molecular flexibility index (Phi) is 18.8. The van der Waals surface area contributed by atoms with E-state index in [2.05, 4.69) is 21.3 Å². The number of carboxylic acid groups (broad SMARTS) is 2. The van der Waals surface area contributed by atoms with Gasteiger partial charge in [-0.2, -0.15) is 0 Å². The summed E-state index contributed by atoms with van der Waals surface area (Å²) in [6.07, 6.45) is 2.05. The number of nitrogens with two attached hydrogens (primary N) is 3. The predicted octanol–water partition coefficient (Wildman–Crippen LogP) is -0.641. The molecule has 5 atom stereocenters. The van der Waals surface area contributed by atoms with Crippen LogP contribution in [0.2, 0.25) is 0 Å². The van der Waals surface area contributed by atoms with Gasteiger partial charge in [-0.05, 0) is 63.1 Å². The Morgan fingerprint density at radius 3 is 1.70 bits per heavy atom. The molecule has 15 heteroatoms. The molecule has 0 aliphatic carbocycles. The molecular formula is C31H51N7O8. The minimum Gasteiger partial charge on any atom is -0.481 e. The average Bonchev–Trinajstić information content (AvgIpc) is 3.00. The maximum atomic E-state index is 13.6. The number of carbonyl (C=O) groups excluding carboxylic acids is 4. The third kappa shape index (κ3) is 15.3. The van der Waals surface area contributed by atoms with Crippen molar-refractivity contribution in [3.8, 4) is 0 Å². The Morgan fingerprint density at radius 1 is 0.674 bits per heavy atom. The van der Waals surface area contributed by atoms with Gasteiger partial charge in [0.1, 0.15) is 24.2 Å². The molecule has 0 aliphatic rings. The predicted molar refractivity (Wildman–Crippen MR) is 171 cm³/mol. The van der Waals surface area contributed by atoms with E-state index >= 15 is 0 Å². The van der Waals surface area contributed by atoms with Gasteiger partial charge in [-0.15, -0.1) is 0 Å². The zero-order valence-corrected chi connectivity index (χ0v) is 26.7. The Morgan fingerprint density at radius 2 is 1.17 bits per heavy atom. The molecule has 258 valence electrons. The highest BCUT2D eigenvalue weighted by Gasteiger charge is 2.32. The SMILES string of the molecule is CC(C)[C@H](NC(=O)[C@H](CCC(=O)O)NC(=O)[C@H](CCCCN)NC(=O)[C@H](Cc1ccccc1)NC(=O)[C@@H](N)CCCCN)C(=O)O. The molecule has 1 rings (SSSR count). The van der Waals surface area contributed by atoms with Crippen LogP contribution in [-0.2, 0) is 35.2 Å². The van der Waals surface area contributed by atoms with Crippen molar-refractivity contribution in [2.24, 2.45) is 23.1 Å². The van der Waals surface area contributed by atoms with Crippen molar-refractivity contribution < 1.29 is 39.0 Å². The van der Waals surface area contributed by atoms with Crippen molar-refractivity contribution in [3.63, 3.8) is 0 Å². The van der Waals surface area contributed by atoms with Gasteiger partial charge in [0.2, 0.25) is 23.6 Å². The summed E-state index contributed by atoms with van der Waals surface area (Å²) in [5.41, 5.74) is 18.0. The molecule has 0 spiro atoms. The van der Waals surface area contributed by atoms with Crippen LogP contribution >= 0.6 is 0 Å². The van der Waals surface area contributed by atoms with E-state index in [1.807, 2.05) is 0 Å². The topological polar surface area (TPSA) is 269 Å². The summed E-state index contributed by atoms with van der Waals surface area (Å²) < 4.78 is 0. The van der Waals surface area contributed by atoms with E-state index in [1.165, 1.54) is 0 Å². The van der Waals surface area contributed by atoms with Crippen LogP contribution in [0.4, 0.5) is 0 Å². The lowest BCUT2D eigenvalue weighted by Crippen LogP contribution is -2.59. The van der Waals surface area contributed by atoms with E-state index < -0.39 is 78.1 Å². The summed E-state index contributed by atoms with van der Waals surface area (Å²) in [7, 11) is 0. The van der Waals surface area contributed by atoms with Crippen LogP contribution in [0.5, 0.6) is 0 Å². The Balaban J connectivity index is 3.23. The molecule has 1 aromatic rings. The van der Waals surface area contributed by atoms with Gasteiger partial charge in [0.15, 0.2) is 0 Å². The number of hydrogen-bond acceptors (Lipinski definition) is 9. The first kappa shape index (κ1) is 39.9. The Labute approximate surface area is 269 Å². The lowest BCUT2D eigenvalue weighted by atomic mass is 10.0. The van der Waals surface area contributed by atoms with Gasteiger partial charge >= 0.3 is 11.9 Å². The molecule has 0 aliphatic heterocycles. The van der Waals surface area contributed by atoms with E-state index in [4.69, 9.17) is 17.2 Å². The van der Waals surface area contributed by atoms with Gasteiger partial charge in [-0.1, -0.05) is 50.6 Å². The smallest absolute Gasteiger partial charge is 0.326 e. The molecule has 46 heavy (non-hydrogen) atoms. The molecule has 12 N–H and O–H groups in total. The molecule has 0 saturated carbocycles. The average molecular weight is 650 g/mol. The molecule has 0 heterocycles. The van der Waals surface area contributed by atoms with Crippen LogP contribution < -0.4 is 38.5 Å². The van der Waals surface area contributed by atoms with Crippen molar-refractivity contribution in [2.45, 2.75) is 102 Å². The summed E-state index contributed by atoms with van der Waals surface area (Å²) >= 11 is 0. The van der Waals surface area contributed by atoms with E-state index in [0.29, 0.717) is 45.2 Å². The quantitative estimate of drug-likeness (QED) is 0.0673. The fourth-order valence-corrected chi connectivity index (χ4v) is 4.59. The largest absolute Gasteiger partial charge is 0.481 e. The number of aliphatic carboxylic acids is 2. The monoisotopic (exact) mass is 649 g/mol. The lowest BCUT2D eigenvalue weighted by Gasteiger charge is -2.27. The standard InChI is InChI=1S/C31H51N7O8/c1-19(2)26(31(45)46)38-29(43)23(14-15-25(39)40)36-28(42)22(13-7-9-17-33)35-30(44)24(18-20-10-4-3-5-11-20)37-27(41)21(34)12-6-8-16-32/h3-5,10-11,19,21-24,26H,6-9,12-18,32-34H2,1-2H3,(H,35,44)(H,36,42)(H,37,41)(H,38,43)(H,39,40)(H,45,46)/t21-,22-,23-,24-,26-/m0/s1. The summed E-state index contributed by atoms with van der Waals surface area (Å²) in [6, 6.07) is 3.09. The van der Waals surface area contributed by atoms with Crippen molar-refractivity contribution in [2.75, 3.05) is 13.1 Å². The number of nitrogens with one attached hydrogen (secondary N) is 4. The van der Waals surface area contributed by atoms with Crippen molar-refractivity contribution in [1.29, 1.82) is 0 Å². The Bertz CT molecular complexity index is 1140. The fraction of sp³-hybridized carbons (Fsp3) is 0.613. The molecule has 0 unspecified atom stereocenters. The van der Waals surface area contributed by atoms with Gasteiger partial charge in [-0.3, -0.25) is 24.0 Å². The summed E-state index contributed by atoms with van der Waals surface area (Å²) in [5, 5.41) is 28.9. The van der Waals surface area contributed by atoms with Crippen molar-refractivity contribution in [1.82, 2.24) is 21.3 Å². The second-order valence-corrected chi connectivity index (χ2v) is 11.5. The molecular weight excluding hydrogens is 598 g/mol. The molecule has 0 aromatic heterocycles. The third-order valence-electron chi connectivity index (χ3n) is 7.31. The van der Waals surface area contributed by atoms with Crippen LogP contribution in [0, 0.1) is 5.92 Å². The molecule has 4 amide bonds. The number of carboxylic acids is 2.